The maximum absolute atomic E-state index is 12.3. The predicted molar refractivity (Wildman–Crippen MR) is 92.0 cm³/mol. The van der Waals surface area contributed by atoms with Gasteiger partial charge in [-0.15, -0.1) is 0 Å². The summed E-state index contributed by atoms with van der Waals surface area (Å²) in [4.78, 5) is 12.3. The number of carbonyl (C=O) groups excluding carboxylic acids is 1. The quantitative estimate of drug-likeness (QED) is 0.417. The largest absolute Gasteiger partial charge is 0.390 e. The number of nitrogens with zero attached hydrogens (tertiary/aromatic N) is 1. The lowest BCUT2D eigenvalue weighted by Gasteiger charge is -2.14. The van der Waals surface area contributed by atoms with Crippen molar-refractivity contribution >= 4 is 11.6 Å². The van der Waals surface area contributed by atoms with Crippen molar-refractivity contribution in [1.82, 2.24) is 5.32 Å². The molecular weight excluding hydrogens is 290 g/mol. The van der Waals surface area contributed by atoms with Crippen molar-refractivity contribution in [3.8, 4) is 6.07 Å². The number of anilines is 1. The Bertz CT molecular complexity index is 566. The van der Waals surface area contributed by atoms with E-state index in [0.717, 1.165) is 36.1 Å². The van der Waals surface area contributed by atoms with Crippen LogP contribution in [0.5, 0.6) is 0 Å². The van der Waals surface area contributed by atoms with Crippen molar-refractivity contribution in [3.63, 3.8) is 0 Å². The van der Waals surface area contributed by atoms with Gasteiger partial charge in [0, 0.05) is 32.1 Å². The van der Waals surface area contributed by atoms with Crippen molar-refractivity contribution in [2.45, 2.75) is 33.1 Å². The molecule has 0 saturated carbocycles. The van der Waals surface area contributed by atoms with Gasteiger partial charge in [0.25, 0.3) is 5.91 Å². The Morgan fingerprint density at radius 2 is 1.96 bits per heavy atom. The summed E-state index contributed by atoms with van der Waals surface area (Å²) < 4.78 is 4.95. The normalized spacial score (nSPS) is 11.0. The van der Waals surface area contributed by atoms with Crippen LogP contribution in [-0.4, -0.2) is 26.2 Å². The number of benzene rings is 1. The van der Waals surface area contributed by atoms with Crippen molar-refractivity contribution in [2.24, 2.45) is 0 Å². The van der Waals surface area contributed by atoms with Gasteiger partial charge in [0.1, 0.15) is 11.6 Å². The highest BCUT2D eigenvalue weighted by atomic mass is 16.5. The molecule has 0 aliphatic rings. The first-order valence-corrected chi connectivity index (χ1v) is 7.92. The predicted octanol–water partition coefficient (Wildman–Crippen LogP) is 2.78. The number of hydrogen-bond donors (Lipinski definition) is 2. The van der Waals surface area contributed by atoms with Gasteiger partial charge >= 0.3 is 0 Å². The number of para-hydroxylation sites is 1. The van der Waals surface area contributed by atoms with Crippen LogP contribution in [0, 0.1) is 11.3 Å². The van der Waals surface area contributed by atoms with Gasteiger partial charge in [0.15, 0.2) is 0 Å². The van der Waals surface area contributed by atoms with Crippen molar-refractivity contribution in [3.05, 3.63) is 41.1 Å². The summed E-state index contributed by atoms with van der Waals surface area (Å²) in [6.45, 7) is 5.38. The van der Waals surface area contributed by atoms with Crippen LogP contribution in [0.2, 0.25) is 0 Å². The molecule has 23 heavy (non-hydrogen) atoms. The number of hydrogen-bond acceptors (Lipinski definition) is 4. The van der Waals surface area contributed by atoms with Gasteiger partial charge in [0.2, 0.25) is 0 Å². The van der Waals surface area contributed by atoms with E-state index in [1.54, 1.807) is 7.11 Å². The topological polar surface area (TPSA) is 74.2 Å². The molecule has 1 rings (SSSR count). The number of methoxy groups -OCH3 is 1. The number of nitriles is 1. The SMILES string of the molecule is CCc1cccc(CC)c1NC(=O)/C(C#N)=C\NCCCOC. The molecule has 0 unspecified atom stereocenters. The number of rotatable bonds is 9. The molecule has 124 valence electrons. The number of aryl methyl sites for hydroxylation is 2. The second-order valence-corrected chi connectivity index (χ2v) is 5.08. The third kappa shape index (κ3) is 5.76. The van der Waals surface area contributed by atoms with Crippen molar-refractivity contribution in [2.75, 3.05) is 25.6 Å². The monoisotopic (exact) mass is 315 g/mol. The molecule has 0 radical (unpaired) electrons. The first-order valence-electron chi connectivity index (χ1n) is 7.92. The Morgan fingerprint density at radius 3 is 2.48 bits per heavy atom. The Hall–Kier alpha value is -2.32. The fourth-order valence-electron chi connectivity index (χ4n) is 2.23. The van der Waals surface area contributed by atoms with E-state index in [0.29, 0.717) is 13.2 Å². The molecule has 2 N–H and O–H groups in total. The standard InChI is InChI=1S/C18H25N3O2/c1-4-14-8-6-9-15(5-2)17(14)21-18(22)16(12-19)13-20-10-7-11-23-3/h6,8-9,13,20H,4-5,7,10-11H2,1-3H3,(H,21,22)/b16-13-. The minimum atomic E-state index is -0.387. The van der Waals surface area contributed by atoms with E-state index in [9.17, 15) is 10.1 Å². The van der Waals surface area contributed by atoms with Gasteiger partial charge < -0.3 is 15.4 Å². The summed E-state index contributed by atoms with van der Waals surface area (Å²) in [5, 5.41) is 15.0. The van der Waals surface area contributed by atoms with Gasteiger partial charge in [-0.2, -0.15) is 5.26 Å². The van der Waals surface area contributed by atoms with Gasteiger partial charge in [-0.25, -0.2) is 0 Å². The molecule has 0 spiro atoms. The van der Waals surface area contributed by atoms with Crippen LogP contribution < -0.4 is 10.6 Å². The van der Waals surface area contributed by atoms with Crippen LogP contribution in [0.4, 0.5) is 5.69 Å². The van der Waals surface area contributed by atoms with Crippen LogP contribution >= 0.6 is 0 Å². The third-order valence-corrected chi connectivity index (χ3v) is 3.52. The number of amides is 1. The minimum absolute atomic E-state index is 0.0652. The first kappa shape index (κ1) is 18.7. The molecular formula is C18H25N3O2. The summed E-state index contributed by atoms with van der Waals surface area (Å²) in [6, 6.07) is 7.92. The highest BCUT2D eigenvalue weighted by molar-refractivity contribution is 6.07. The van der Waals surface area contributed by atoms with Crippen molar-refractivity contribution in [1.29, 1.82) is 5.26 Å². The molecule has 0 fully saturated rings. The van der Waals surface area contributed by atoms with E-state index in [-0.39, 0.29) is 11.5 Å². The molecule has 0 atom stereocenters. The number of carbonyl (C=O) groups is 1. The molecule has 1 aromatic carbocycles. The average molecular weight is 315 g/mol. The fourth-order valence-corrected chi connectivity index (χ4v) is 2.23. The summed E-state index contributed by atoms with van der Waals surface area (Å²) in [5.41, 5.74) is 3.03. The Kier molecular flexibility index (Phi) is 8.48. The van der Waals surface area contributed by atoms with Crippen LogP contribution in [0.15, 0.2) is 30.0 Å². The van der Waals surface area contributed by atoms with E-state index in [4.69, 9.17) is 4.74 Å². The molecule has 0 heterocycles. The summed E-state index contributed by atoms with van der Waals surface area (Å²) in [7, 11) is 1.64. The smallest absolute Gasteiger partial charge is 0.267 e. The third-order valence-electron chi connectivity index (χ3n) is 3.52. The Labute approximate surface area is 138 Å². The van der Waals surface area contributed by atoms with E-state index in [1.165, 1.54) is 6.20 Å². The van der Waals surface area contributed by atoms with Gasteiger partial charge in [0.05, 0.1) is 0 Å². The maximum atomic E-state index is 12.3. The second-order valence-electron chi connectivity index (χ2n) is 5.08. The average Bonchev–Trinajstić information content (AvgIpc) is 2.58. The van der Waals surface area contributed by atoms with Gasteiger partial charge in [-0.3, -0.25) is 4.79 Å². The van der Waals surface area contributed by atoms with E-state index >= 15 is 0 Å². The second kappa shape index (κ2) is 10.4. The zero-order chi connectivity index (χ0) is 17.1. The molecule has 0 bridgehead atoms. The number of ether oxygens (including phenoxy) is 1. The minimum Gasteiger partial charge on any atom is -0.390 e. The fraction of sp³-hybridized carbons (Fsp3) is 0.444. The molecule has 1 amide bonds. The lowest BCUT2D eigenvalue weighted by molar-refractivity contribution is -0.112. The highest BCUT2D eigenvalue weighted by Gasteiger charge is 2.13. The zero-order valence-corrected chi connectivity index (χ0v) is 14.1. The molecule has 1 aromatic rings. The van der Waals surface area contributed by atoms with Crippen LogP contribution in [-0.2, 0) is 22.4 Å². The number of nitrogens with one attached hydrogen (secondary N) is 2. The zero-order valence-electron chi connectivity index (χ0n) is 14.1. The first-order chi connectivity index (χ1) is 11.2. The molecule has 5 heteroatoms. The lowest BCUT2D eigenvalue weighted by Crippen LogP contribution is -2.19. The lowest BCUT2D eigenvalue weighted by atomic mass is 10.0. The maximum Gasteiger partial charge on any atom is 0.267 e. The Morgan fingerprint density at radius 1 is 1.30 bits per heavy atom. The summed E-state index contributed by atoms with van der Waals surface area (Å²) in [5.74, 6) is -0.387. The van der Waals surface area contributed by atoms with Crippen molar-refractivity contribution < 1.29 is 9.53 Å². The van der Waals surface area contributed by atoms with E-state index in [1.807, 2.05) is 38.1 Å². The van der Waals surface area contributed by atoms with E-state index < -0.39 is 0 Å². The molecule has 0 aliphatic heterocycles. The van der Waals surface area contributed by atoms with Crippen LogP contribution in [0.3, 0.4) is 0 Å². The molecule has 0 aliphatic carbocycles. The van der Waals surface area contributed by atoms with Crippen LogP contribution in [0.25, 0.3) is 0 Å². The highest BCUT2D eigenvalue weighted by Crippen LogP contribution is 2.23. The summed E-state index contributed by atoms with van der Waals surface area (Å²) in [6.07, 6.45) is 3.92. The summed E-state index contributed by atoms with van der Waals surface area (Å²) >= 11 is 0. The van der Waals surface area contributed by atoms with Gasteiger partial charge in [-0.05, 0) is 30.4 Å². The van der Waals surface area contributed by atoms with E-state index in [2.05, 4.69) is 10.6 Å². The molecule has 5 nitrogen and oxygen atoms in total. The molecule has 0 saturated heterocycles. The van der Waals surface area contributed by atoms with Gasteiger partial charge in [-0.1, -0.05) is 32.0 Å². The molecule has 0 aromatic heterocycles. The Balaban J connectivity index is 2.81. The van der Waals surface area contributed by atoms with Crippen LogP contribution in [0.1, 0.15) is 31.4 Å².